The van der Waals surface area contributed by atoms with Crippen LogP contribution in [0.25, 0.3) is 0 Å². The van der Waals surface area contributed by atoms with Gasteiger partial charge in [0.1, 0.15) is 0 Å². The van der Waals surface area contributed by atoms with Crippen molar-refractivity contribution in [1.82, 2.24) is 4.90 Å². The van der Waals surface area contributed by atoms with Crippen molar-refractivity contribution >= 4 is 42.1 Å². The fourth-order valence-corrected chi connectivity index (χ4v) is 5.92. The van der Waals surface area contributed by atoms with Gasteiger partial charge in [-0.05, 0) is 29.5 Å². The summed E-state index contributed by atoms with van der Waals surface area (Å²) in [6.45, 7) is 9.57. The third-order valence-corrected chi connectivity index (χ3v) is 7.74. The first kappa shape index (κ1) is 21.0. The van der Waals surface area contributed by atoms with E-state index in [2.05, 4.69) is 58.5 Å². The van der Waals surface area contributed by atoms with Crippen molar-refractivity contribution in [1.29, 1.82) is 0 Å². The Morgan fingerprint density at radius 1 is 1.11 bits per heavy atom. The molecular weight excluding hydrogens is 394 g/mol. The van der Waals surface area contributed by atoms with Gasteiger partial charge in [-0.3, -0.25) is 9.69 Å². The normalized spacial score (nSPS) is 22.3. The van der Waals surface area contributed by atoms with Crippen molar-refractivity contribution in [2.24, 2.45) is 0 Å². The van der Waals surface area contributed by atoms with Crippen LogP contribution in [0.5, 0.6) is 0 Å². The summed E-state index contributed by atoms with van der Waals surface area (Å²) in [6, 6.07) is 6.58. The van der Waals surface area contributed by atoms with Crippen molar-refractivity contribution in [2.75, 3.05) is 6.54 Å². The molecule has 1 aromatic rings. The Bertz CT molecular complexity index is 739. The van der Waals surface area contributed by atoms with E-state index in [9.17, 15) is 4.79 Å². The van der Waals surface area contributed by atoms with Gasteiger partial charge in [0.2, 0.25) is 11.3 Å². The molecule has 1 aromatic carbocycles. The van der Waals surface area contributed by atoms with E-state index in [0.717, 1.165) is 17.1 Å². The number of fused-ring (bicyclic) bond motifs is 1. The van der Waals surface area contributed by atoms with Crippen LogP contribution >= 0.6 is 36.2 Å². The SMILES string of the molecule is CCCCCCCN1C(=O)/C(=C2\Sc3ccc(C(C)(C)C)cc3S2)OC1S. The molecule has 1 atom stereocenters. The Morgan fingerprint density at radius 3 is 2.52 bits per heavy atom. The second-order valence-corrected chi connectivity index (χ2v) is 10.9. The first-order valence-electron chi connectivity index (χ1n) is 9.71. The van der Waals surface area contributed by atoms with Crippen molar-refractivity contribution in [3.63, 3.8) is 0 Å². The van der Waals surface area contributed by atoms with Crippen LogP contribution in [-0.2, 0) is 14.9 Å². The topological polar surface area (TPSA) is 29.5 Å². The van der Waals surface area contributed by atoms with Crippen LogP contribution in [0.2, 0.25) is 0 Å². The highest BCUT2D eigenvalue weighted by Crippen LogP contribution is 2.54. The molecule has 148 valence electrons. The zero-order chi connectivity index (χ0) is 19.6. The highest BCUT2D eigenvalue weighted by molar-refractivity contribution is 8.24. The first-order valence-corrected chi connectivity index (χ1v) is 11.9. The Labute approximate surface area is 177 Å². The third kappa shape index (κ3) is 4.83. The first-order chi connectivity index (χ1) is 12.8. The molecule has 0 aliphatic carbocycles. The van der Waals surface area contributed by atoms with E-state index >= 15 is 0 Å². The van der Waals surface area contributed by atoms with Gasteiger partial charge in [0.15, 0.2) is 0 Å². The summed E-state index contributed by atoms with van der Waals surface area (Å²) < 4.78 is 6.79. The maximum absolute atomic E-state index is 12.9. The molecular formula is C21H29NO2S3. The van der Waals surface area contributed by atoms with Crippen LogP contribution < -0.4 is 0 Å². The van der Waals surface area contributed by atoms with Gasteiger partial charge in [-0.15, -0.1) is 12.6 Å². The Morgan fingerprint density at radius 2 is 1.81 bits per heavy atom. The summed E-state index contributed by atoms with van der Waals surface area (Å²) in [4.78, 5) is 17.0. The van der Waals surface area contributed by atoms with Crippen molar-refractivity contribution in [3.8, 4) is 0 Å². The van der Waals surface area contributed by atoms with E-state index < -0.39 is 5.56 Å². The molecule has 1 amide bonds. The standard InChI is InChI=1S/C21H29NO2S3/c1-5-6-7-8-9-12-22-18(23)17(24-20(22)25)19-26-15-11-10-14(21(2,3)4)13-16(15)27-19/h10-11,13,20,25H,5-9,12H2,1-4H3/b19-17-. The van der Waals surface area contributed by atoms with Crippen LogP contribution in [-0.4, -0.2) is 22.9 Å². The fourth-order valence-electron chi connectivity index (χ4n) is 3.14. The highest BCUT2D eigenvalue weighted by atomic mass is 32.2. The molecule has 0 radical (unpaired) electrons. The summed E-state index contributed by atoms with van der Waals surface area (Å²) in [5, 5.41) is 0. The largest absolute Gasteiger partial charge is 0.454 e. The van der Waals surface area contributed by atoms with Gasteiger partial charge in [-0.2, -0.15) is 0 Å². The number of thiol groups is 1. The smallest absolute Gasteiger partial charge is 0.294 e. The number of amides is 1. The van der Waals surface area contributed by atoms with Gasteiger partial charge in [-0.25, -0.2) is 0 Å². The summed E-state index contributed by atoms with van der Waals surface area (Å²) in [5.41, 5.74) is 0.946. The molecule has 0 saturated carbocycles. The van der Waals surface area contributed by atoms with Gasteiger partial charge in [0, 0.05) is 16.3 Å². The van der Waals surface area contributed by atoms with Crippen molar-refractivity contribution < 1.29 is 9.53 Å². The molecule has 2 aliphatic heterocycles. The number of hydrogen-bond acceptors (Lipinski definition) is 5. The lowest BCUT2D eigenvalue weighted by Crippen LogP contribution is -2.31. The Hall–Kier alpha value is -0.720. The van der Waals surface area contributed by atoms with Gasteiger partial charge in [0.05, 0.1) is 4.24 Å². The number of ether oxygens (including phenoxy) is 1. The molecule has 1 saturated heterocycles. The maximum Gasteiger partial charge on any atom is 0.294 e. The molecule has 1 unspecified atom stereocenters. The molecule has 0 bridgehead atoms. The quantitative estimate of drug-likeness (QED) is 0.326. The fraction of sp³-hybridized carbons (Fsp3) is 0.571. The Kier molecular flexibility index (Phi) is 6.80. The maximum atomic E-state index is 12.9. The average Bonchev–Trinajstić information content (AvgIpc) is 3.15. The van der Waals surface area contributed by atoms with Gasteiger partial charge in [-0.1, -0.05) is 83.0 Å². The highest BCUT2D eigenvalue weighted by Gasteiger charge is 2.39. The minimum absolute atomic E-state index is 0.0238. The number of benzene rings is 1. The molecule has 27 heavy (non-hydrogen) atoms. The number of thioether (sulfide) groups is 2. The van der Waals surface area contributed by atoms with E-state index in [1.54, 1.807) is 28.4 Å². The van der Waals surface area contributed by atoms with Crippen LogP contribution in [0, 0.1) is 0 Å². The summed E-state index contributed by atoms with van der Waals surface area (Å²) in [7, 11) is 0. The number of hydrogen-bond donors (Lipinski definition) is 1. The molecule has 0 N–H and O–H groups in total. The summed E-state index contributed by atoms with van der Waals surface area (Å²) >= 11 is 7.76. The van der Waals surface area contributed by atoms with Crippen molar-refractivity contribution in [3.05, 3.63) is 33.8 Å². The number of nitrogens with zero attached hydrogens (tertiary/aromatic N) is 1. The predicted octanol–water partition coefficient (Wildman–Crippen LogP) is 6.39. The average molecular weight is 424 g/mol. The van der Waals surface area contributed by atoms with Gasteiger partial charge < -0.3 is 4.74 Å². The van der Waals surface area contributed by atoms with Gasteiger partial charge >= 0.3 is 0 Å². The second kappa shape index (κ2) is 8.75. The van der Waals surface area contributed by atoms with E-state index in [4.69, 9.17) is 4.74 Å². The number of rotatable bonds is 6. The van der Waals surface area contributed by atoms with Crippen LogP contribution in [0.3, 0.4) is 0 Å². The predicted molar refractivity (Wildman–Crippen MR) is 118 cm³/mol. The molecule has 0 spiro atoms. The lowest BCUT2D eigenvalue weighted by atomic mass is 9.87. The third-order valence-electron chi connectivity index (χ3n) is 4.85. The van der Waals surface area contributed by atoms with E-state index in [1.165, 1.54) is 34.6 Å². The zero-order valence-electron chi connectivity index (χ0n) is 16.6. The van der Waals surface area contributed by atoms with Crippen LogP contribution in [0.4, 0.5) is 0 Å². The molecule has 2 aliphatic rings. The minimum Gasteiger partial charge on any atom is -0.454 e. The molecule has 0 aromatic heterocycles. The monoisotopic (exact) mass is 423 g/mol. The second-order valence-electron chi connectivity index (χ2n) is 8.09. The molecule has 6 heteroatoms. The van der Waals surface area contributed by atoms with Crippen molar-refractivity contribution in [2.45, 2.75) is 80.6 Å². The molecule has 1 fully saturated rings. The summed E-state index contributed by atoms with van der Waals surface area (Å²) in [6.07, 6.45) is 5.86. The van der Waals surface area contributed by atoms with Gasteiger partial charge in [0.25, 0.3) is 5.91 Å². The lowest BCUT2D eigenvalue weighted by molar-refractivity contribution is -0.125. The molecule has 2 heterocycles. The lowest BCUT2D eigenvalue weighted by Gasteiger charge is -2.19. The number of carbonyl (C=O) groups excluding carboxylic acids is 1. The van der Waals surface area contributed by atoms with Crippen LogP contribution in [0.1, 0.15) is 65.4 Å². The molecule has 3 nitrogen and oxygen atoms in total. The zero-order valence-corrected chi connectivity index (χ0v) is 19.1. The number of carbonyl (C=O) groups is 1. The number of unbranched alkanes of at least 4 members (excludes halogenated alkanes) is 4. The van der Waals surface area contributed by atoms with E-state index in [-0.39, 0.29) is 11.3 Å². The Balaban J connectivity index is 1.69. The van der Waals surface area contributed by atoms with Crippen LogP contribution in [0.15, 0.2) is 38.0 Å². The van der Waals surface area contributed by atoms with E-state index in [0.29, 0.717) is 12.3 Å². The minimum atomic E-state index is -0.471. The van der Waals surface area contributed by atoms with E-state index in [1.807, 2.05) is 0 Å². The summed E-state index contributed by atoms with van der Waals surface area (Å²) in [5.74, 6) is 0.441. The molecule has 3 rings (SSSR count).